The number of hydrogen-bond donors (Lipinski definition) is 2. The lowest BCUT2D eigenvalue weighted by Gasteiger charge is -2.33. The van der Waals surface area contributed by atoms with Gasteiger partial charge in [-0.1, -0.05) is 60.7 Å². The Morgan fingerprint density at radius 1 is 1.00 bits per heavy atom. The molecule has 1 spiro atoms. The molecule has 5 rings (SSSR count). The van der Waals surface area contributed by atoms with Gasteiger partial charge >= 0.3 is 6.03 Å². The number of fused-ring (bicyclic) bond motifs is 2. The molecule has 1 saturated heterocycles. The number of ether oxygens (including phenoxy) is 1. The van der Waals surface area contributed by atoms with Crippen LogP contribution in [-0.4, -0.2) is 35.9 Å². The number of carbonyl (C=O) groups is 3. The first kappa shape index (κ1) is 22.0. The summed E-state index contributed by atoms with van der Waals surface area (Å²) in [5, 5.41) is 5.68. The SMILES string of the molecule is O=C(CN1C(=O)NC2(CCOc3ccccc32)C1=O)Nc1ccccc1SCc1ccccc1. The quantitative estimate of drug-likeness (QED) is 0.415. The molecule has 1 atom stereocenters. The molecule has 1 fully saturated rings. The van der Waals surface area contributed by atoms with Crippen LogP contribution in [0.2, 0.25) is 0 Å². The number of urea groups is 1. The Hall–Kier alpha value is -3.78. The summed E-state index contributed by atoms with van der Waals surface area (Å²) in [5.74, 6) is 0.451. The molecule has 0 aliphatic carbocycles. The van der Waals surface area contributed by atoms with Crippen molar-refractivity contribution in [1.29, 1.82) is 0 Å². The Labute approximate surface area is 201 Å². The number of anilines is 1. The summed E-state index contributed by atoms with van der Waals surface area (Å²) in [7, 11) is 0. The summed E-state index contributed by atoms with van der Waals surface area (Å²) in [6, 6.07) is 24.1. The number of para-hydroxylation sites is 2. The van der Waals surface area contributed by atoms with Gasteiger partial charge in [0.1, 0.15) is 12.3 Å². The lowest BCUT2D eigenvalue weighted by molar-refractivity contribution is -0.135. The van der Waals surface area contributed by atoms with Crippen LogP contribution in [-0.2, 0) is 20.9 Å². The number of benzene rings is 3. The monoisotopic (exact) mass is 473 g/mol. The second-order valence-corrected chi connectivity index (χ2v) is 9.16. The van der Waals surface area contributed by atoms with E-state index < -0.39 is 23.4 Å². The van der Waals surface area contributed by atoms with Crippen molar-refractivity contribution in [1.82, 2.24) is 10.2 Å². The van der Waals surface area contributed by atoms with Crippen molar-refractivity contribution >= 4 is 35.3 Å². The third kappa shape index (κ3) is 4.12. The lowest BCUT2D eigenvalue weighted by Crippen LogP contribution is -2.48. The van der Waals surface area contributed by atoms with Crippen LogP contribution in [0.3, 0.4) is 0 Å². The molecule has 2 N–H and O–H groups in total. The number of nitrogens with zero attached hydrogens (tertiary/aromatic N) is 1. The molecular formula is C26H23N3O4S. The first-order valence-electron chi connectivity index (χ1n) is 11.0. The summed E-state index contributed by atoms with van der Waals surface area (Å²) in [6.45, 7) is -0.0673. The van der Waals surface area contributed by atoms with Crippen LogP contribution in [0.1, 0.15) is 17.5 Å². The third-order valence-corrected chi connectivity index (χ3v) is 7.10. The molecule has 2 aliphatic heterocycles. The molecule has 2 aliphatic rings. The van der Waals surface area contributed by atoms with E-state index in [0.29, 0.717) is 30.0 Å². The number of amides is 4. The van der Waals surface area contributed by atoms with Crippen molar-refractivity contribution in [2.45, 2.75) is 22.6 Å². The second kappa shape index (κ2) is 9.23. The summed E-state index contributed by atoms with van der Waals surface area (Å²) in [4.78, 5) is 40.9. The van der Waals surface area contributed by atoms with Gasteiger partial charge in [0.2, 0.25) is 5.91 Å². The molecule has 0 radical (unpaired) electrons. The van der Waals surface area contributed by atoms with Crippen LogP contribution in [0.4, 0.5) is 10.5 Å². The average Bonchev–Trinajstić information content (AvgIpc) is 3.09. The minimum Gasteiger partial charge on any atom is -0.493 e. The molecule has 4 amide bonds. The predicted octanol–water partition coefficient (Wildman–Crippen LogP) is 4.15. The second-order valence-electron chi connectivity index (χ2n) is 8.14. The van der Waals surface area contributed by atoms with Crippen LogP contribution < -0.4 is 15.4 Å². The normalized spacial score (nSPS) is 18.9. The zero-order valence-corrected chi connectivity index (χ0v) is 19.1. The van der Waals surface area contributed by atoms with Crippen LogP contribution in [0.5, 0.6) is 5.75 Å². The molecule has 0 aromatic heterocycles. The van der Waals surface area contributed by atoms with Crippen LogP contribution >= 0.6 is 11.8 Å². The Kier molecular flexibility index (Phi) is 5.98. The Morgan fingerprint density at radius 2 is 1.74 bits per heavy atom. The van der Waals surface area contributed by atoms with Crippen molar-refractivity contribution in [3.63, 3.8) is 0 Å². The van der Waals surface area contributed by atoms with E-state index in [-0.39, 0.29) is 6.54 Å². The highest BCUT2D eigenvalue weighted by molar-refractivity contribution is 7.98. The maximum Gasteiger partial charge on any atom is 0.325 e. The number of carbonyl (C=O) groups excluding carboxylic acids is 3. The average molecular weight is 474 g/mol. The fourth-order valence-electron chi connectivity index (χ4n) is 4.28. The van der Waals surface area contributed by atoms with E-state index in [1.165, 1.54) is 5.56 Å². The number of nitrogens with one attached hydrogen (secondary N) is 2. The minimum absolute atomic E-state index is 0.301. The van der Waals surface area contributed by atoms with E-state index in [1.54, 1.807) is 30.0 Å². The van der Waals surface area contributed by atoms with Gasteiger partial charge in [0.05, 0.1) is 12.3 Å². The van der Waals surface area contributed by atoms with Gasteiger partial charge in [-0.15, -0.1) is 11.8 Å². The van der Waals surface area contributed by atoms with Gasteiger partial charge in [0.25, 0.3) is 5.91 Å². The van der Waals surface area contributed by atoms with Gasteiger partial charge < -0.3 is 15.4 Å². The maximum absolute atomic E-state index is 13.4. The van der Waals surface area contributed by atoms with E-state index >= 15 is 0 Å². The molecule has 0 saturated carbocycles. The first-order chi connectivity index (χ1) is 16.6. The number of imide groups is 1. The highest BCUT2D eigenvalue weighted by atomic mass is 32.2. The minimum atomic E-state index is -1.20. The van der Waals surface area contributed by atoms with E-state index in [4.69, 9.17) is 4.74 Å². The largest absolute Gasteiger partial charge is 0.493 e. The Balaban J connectivity index is 1.29. The predicted molar refractivity (Wildman–Crippen MR) is 130 cm³/mol. The molecule has 0 bridgehead atoms. The smallest absolute Gasteiger partial charge is 0.325 e. The number of thioether (sulfide) groups is 1. The van der Waals surface area contributed by atoms with Gasteiger partial charge in [-0.25, -0.2) is 4.79 Å². The molecule has 3 aromatic rings. The summed E-state index contributed by atoms with van der Waals surface area (Å²) in [6.07, 6.45) is 0.311. The van der Waals surface area contributed by atoms with E-state index in [9.17, 15) is 14.4 Å². The fraction of sp³-hybridized carbons (Fsp3) is 0.192. The van der Waals surface area contributed by atoms with Crippen molar-refractivity contribution in [3.8, 4) is 5.75 Å². The lowest BCUT2D eigenvalue weighted by atomic mass is 9.84. The molecule has 7 nitrogen and oxygen atoms in total. The first-order valence-corrected chi connectivity index (χ1v) is 12.0. The summed E-state index contributed by atoms with van der Waals surface area (Å²) in [5.41, 5.74) is 1.24. The van der Waals surface area contributed by atoms with Crippen molar-refractivity contribution < 1.29 is 19.1 Å². The zero-order chi connectivity index (χ0) is 23.5. The summed E-state index contributed by atoms with van der Waals surface area (Å²) < 4.78 is 5.65. The molecular weight excluding hydrogens is 450 g/mol. The van der Waals surface area contributed by atoms with Gasteiger partial charge in [-0.05, 0) is 23.8 Å². The Bertz CT molecular complexity index is 1250. The highest BCUT2D eigenvalue weighted by Crippen LogP contribution is 2.41. The van der Waals surface area contributed by atoms with Crippen LogP contribution in [0, 0.1) is 0 Å². The van der Waals surface area contributed by atoms with E-state index in [1.807, 2.05) is 48.5 Å². The third-order valence-electron chi connectivity index (χ3n) is 5.96. The van der Waals surface area contributed by atoms with E-state index in [2.05, 4.69) is 22.8 Å². The van der Waals surface area contributed by atoms with Gasteiger partial charge in [0.15, 0.2) is 5.54 Å². The standard InChI is InChI=1S/C26H23N3O4S/c30-23(27-20-11-5-7-13-22(20)34-17-18-8-2-1-3-9-18)16-29-24(31)26(28-25(29)32)14-15-33-21-12-6-4-10-19(21)26/h1-13H,14-17H2,(H,27,30)(H,28,32). The maximum atomic E-state index is 13.4. The molecule has 172 valence electrons. The highest BCUT2D eigenvalue weighted by Gasteiger charge is 2.55. The van der Waals surface area contributed by atoms with Crippen molar-refractivity contribution in [3.05, 3.63) is 90.0 Å². The molecule has 8 heteroatoms. The Morgan fingerprint density at radius 3 is 2.59 bits per heavy atom. The molecule has 2 heterocycles. The van der Waals surface area contributed by atoms with Gasteiger partial charge in [0, 0.05) is 22.6 Å². The van der Waals surface area contributed by atoms with Crippen molar-refractivity contribution in [2.75, 3.05) is 18.5 Å². The van der Waals surface area contributed by atoms with Crippen LogP contribution in [0.15, 0.2) is 83.8 Å². The molecule has 3 aromatic carbocycles. The van der Waals surface area contributed by atoms with Gasteiger partial charge in [-0.2, -0.15) is 0 Å². The fourth-order valence-corrected chi connectivity index (χ4v) is 5.24. The molecule has 1 unspecified atom stereocenters. The van der Waals surface area contributed by atoms with E-state index in [0.717, 1.165) is 15.5 Å². The number of hydrogen-bond acceptors (Lipinski definition) is 5. The zero-order valence-electron chi connectivity index (χ0n) is 18.3. The van der Waals surface area contributed by atoms with Crippen molar-refractivity contribution in [2.24, 2.45) is 0 Å². The topological polar surface area (TPSA) is 87.7 Å². The van der Waals surface area contributed by atoms with Gasteiger partial charge in [-0.3, -0.25) is 14.5 Å². The molecule has 34 heavy (non-hydrogen) atoms. The van der Waals surface area contributed by atoms with Crippen LogP contribution in [0.25, 0.3) is 0 Å². The summed E-state index contributed by atoms with van der Waals surface area (Å²) >= 11 is 1.61. The number of rotatable bonds is 6.